The van der Waals surface area contributed by atoms with Crippen LogP contribution in [0, 0.1) is 0 Å². The summed E-state index contributed by atoms with van der Waals surface area (Å²) in [5, 5.41) is 13.9. The summed E-state index contributed by atoms with van der Waals surface area (Å²) in [5.41, 5.74) is 9.39. The largest absolute Gasteiger partial charge is 0.463 e. The highest BCUT2D eigenvalue weighted by Gasteiger charge is 2.44. The fraction of sp³-hybridized carbons (Fsp3) is 0.591. The van der Waals surface area contributed by atoms with E-state index in [0.29, 0.717) is 31.6 Å². The molecule has 0 amide bonds. The van der Waals surface area contributed by atoms with Gasteiger partial charge in [-0.1, -0.05) is 24.3 Å². The van der Waals surface area contributed by atoms with Crippen molar-refractivity contribution in [2.24, 2.45) is 10.7 Å². The maximum absolute atomic E-state index is 10.9. The lowest BCUT2D eigenvalue weighted by Gasteiger charge is -2.32. The molecular weight excluding hydrogens is 410 g/mol. The number of nitrogens with zero attached hydrogens (tertiary/aromatic N) is 5. The third-order valence-electron chi connectivity index (χ3n) is 6.22. The first-order valence-electron chi connectivity index (χ1n) is 11.1. The van der Waals surface area contributed by atoms with Crippen LogP contribution < -0.4 is 11.1 Å². The molecule has 1 aromatic carbocycles. The molecule has 2 fully saturated rings. The molecule has 4 N–H and O–H groups in total. The Morgan fingerprint density at radius 3 is 2.56 bits per heavy atom. The number of likely N-dealkylation sites (N-methyl/N-ethyl adjacent to an activating group) is 2. The van der Waals surface area contributed by atoms with Crippen molar-refractivity contribution in [1.82, 2.24) is 24.9 Å². The van der Waals surface area contributed by atoms with Gasteiger partial charge in [0.1, 0.15) is 12.4 Å². The fourth-order valence-electron chi connectivity index (χ4n) is 4.36. The van der Waals surface area contributed by atoms with Gasteiger partial charge < -0.3 is 30.1 Å². The monoisotopic (exact) mass is 445 g/mol. The molecule has 3 aliphatic rings. The Morgan fingerprint density at radius 1 is 1.12 bits per heavy atom. The molecule has 0 aromatic heterocycles. The maximum atomic E-state index is 10.9. The van der Waals surface area contributed by atoms with Gasteiger partial charge in [0.15, 0.2) is 12.5 Å². The minimum absolute atomic E-state index is 0.338. The standard InChI is InChI=1S/C22H35N7O3/c1-26-7-9-28(10-8-26)14-16-5-4-6-17(13-16)15-29-20-18(27(2)22(29)30)19(23)24-21(25-20)32-12-11-31-3/h4-6,13,20,22,30H,7-12,14-15,23H2,1-3H3,(H,24,25). The molecule has 0 bridgehead atoms. The van der Waals surface area contributed by atoms with Crippen LogP contribution in [0.5, 0.6) is 0 Å². The van der Waals surface area contributed by atoms with Gasteiger partial charge in [-0.15, -0.1) is 0 Å². The summed E-state index contributed by atoms with van der Waals surface area (Å²) in [6.07, 6.45) is -1.26. The number of methoxy groups -OCH3 is 1. The van der Waals surface area contributed by atoms with E-state index in [1.54, 1.807) is 12.0 Å². The van der Waals surface area contributed by atoms with Gasteiger partial charge in [0, 0.05) is 53.4 Å². The highest BCUT2D eigenvalue weighted by atomic mass is 16.5. The van der Waals surface area contributed by atoms with E-state index in [9.17, 15) is 5.11 Å². The molecule has 0 saturated carbocycles. The lowest BCUT2D eigenvalue weighted by molar-refractivity contribution is -0.0558. The van der Waals surface area contributed by atoms with Crippen LogP contribution in [0.2, 0.25) is 0 Å². The van der Waals surface area contributed by atoms with Crippen molar-refractivity contribution in [3.8, 4) is 0 Å². The number of nitrogens with two attached hydrogens (primary N) is 1. The maximum Gasteiger partial charge on any atom is 0.292 e. The zero-order valence-corrected chi connectivity index (χ0v) is 19.2. The number of aliphatic imine (C=N–C) groups is 1. The highest BCUT2D eigenvalue weighted by molar-refractivity contribution is 5.77. The average molecular weight is 446 g/mol. The van der Waals surface area contributed by atoms with Gasteiger partial charge in [0.25, 0.3) is 6.02 Å². The van der Waals surface area contributed by atoms with Gasteiger partial charge in [-0.2, -0.15) is 0 Å². The van der Waals surface area contributed by atoms with E-state index in [0.717, 1.165) is 44.0 Å². The third kappa shape index (κ3) is 5.00. The van der Waals surface area contributed by atoms with Crippen molar-refractivity contribution >= 4 is 6.02 Å². The Morgan fingerprint density at radius 2 is 1.84 bits per heavy atom. The zero-order chi connectivity index (χ0) is 22.7. The summed E-state index contributed by atoms with van der Waals surface area (Å²) in [7, 11) is 5.61. The molecule has 3 aliphatic heterocycles. The Labute approximate surface area is 189 Å². The number of hydrogen-bond acceptors (Lipinski definition) is 10. The molecule has 1 aromatic rings. The number of nitrogens with one attached hydrogen (secondary N) is 1. The quantitative estimate of drug-likeness (QED) is 0.481. The highest BCUT2D eigenvalue weighted by Crippen LogP contribution is 2.32. The summed E-state index contributed by atoms with van der Waals surface area (Å²) in [5.74, 6) is 0.435. The van der Waals surface area contributed by atoms with Crippen LogP contribution in [0.25, 0.3) is 0 Å². The predicted molar refractivity (Wildman–Crippen MR) is 122 cm³/mol. The summed E-state index contributed by atoms with van der Waals surface area (Å²) < 4.78 is 10.7. The number of rotatable bonds is 7. The van der Waals surface area contributed by atoms with Crippen LogP contribution in [0.1, 0.15) is 11.1 Å². The van der Waals surface area contributed by atoms with Crippen molar-refractivity contribution in [1.29, 1.82) is 0 Å². The Hall–Kier alpha value is -2.37. The summed E-state index contributed by atoms with van der Waals surface area (Å²) in [4.78, 5) is 13.2. The molecule has 10 nitrogen and oxygen atoms in total. The van der Waals surface area contributed by atoms with E-state index < -0.39 is 12.5 Å². The van der Waals surface area contributed by atoms with Gasteiger partial charge >= 0.3 is 0 Å². The summed E-state index contributed by atoms with van der Waals surface area (Å²) in [6.45, 7) is 6.66. The first kappa shape index (κ1) is 22.8. The van der Waals surface area contributed by atoms with Gasteiger partial charge in [-0.25, -0.2) is 9.89 Å². The molecule has 176 valence electrons. The molecule has 0 radical (unpaired) electrons. The van der Waals surface area contributed by atoms with E-state index in [1.807, 2.05) is 11.9 Å². The molecule has 10 heteroatoms. The molecule has 0 aliphatic carbocycles. The second kappa shape index (κ2) is 10.1. The minimum Gasteiger partial charge on any atom is -0.463 e. The van der Waals surface area contributed by atoms with Crippen molar-refractivity contribution in [2.75, 3.05) is 60.6 Å². The fourth-order valence-corrected chi connectivity index (χ4v) is 4.36. The summed E-state index contributed by atoms with van der Waals surface area (Å²) >= 11 is 0. The number of piperazine rings is 1. The molecule has 3 heterocycles. The van der Waals surface area contributed by atoms with Crippen LogP contribution >= 0.6 is 0 Å². The summed E-state index contributed by atoms with van der Waals surface area (Å²) in [6, 6.07) is 8.90. The van der Waals surface area contributed by atoms with Crippen molar-refractivity contribution in [3.05, 3.63) is 46.9 Å². The second-order valence-electron chi connectivity index (χ2n) is 8.60. The van der Waals surface area contributed by atoms with Crippen molar-refractivity contribution < 1.29 is 14.6 Å². The smallest absolute Gasteiger partial charge is 0.292 e. The lowest BCUT2D eigenvalue weighted by Crippen LogP contribution is -2.43. The van der Waals surface area contributed by atoms with Gasteiger partial charge in [0.2, 0.25) is 0 Å². The molecular formula is C22H35N7O3. The van der Waals surface area contributed by atoms with E-state index in [4.69, 9.17) is 15.2 Å². The number of amidine groups is 1. The van der Waals surface area contributed by atoms with Gasteiger partial charge in [-0.3, -0.25) is 10.2 Å². The minimum atomic E-state index is -0.835. The van der Waals surface area contributed by atoms with Crippen molar-refractivity contribution in [3.63, 3.8) is 0 Å². The SMILES string of the molecule is COCCOC1=NC2C(=C(N)N1)N(C)C(O)N2Cc1cccc(CN2CCN(C)CC2)c1. The average Bonchev–Trinajstić information content (AvgIpc) is 3.01. The number of aliphatic hydroxyl groups excluding tert-OH is 1. The number of benzene rings is 1. The lowest BCUT2D eigenvalue weighted by atomic mass is 10.1. The Bertz CT molecular complexity index is 854. The number of hydrogen-bond donors (Lipinski definition) is 3. The molecule has 32 heavy (non-hydrogen) atoms. The van der Waals surface area contributed by atoms with E-state index in [2.05, 4.69) is 51.4 Å². The van der Waals surface area contributed by atoms with Crippen LogP contribution in [0.3, 0.4) is 0 Å². The van der Waals surface area contributed by atoms with E-state index in [1.165, 1.54) is 5.56 Å². The zero-order valence-electron chi connectivity index (χ0n) is 19.2. The Kier molecular flexibility index (Phi) is 7.17. The number of fused-ring (bicyclic) bond motifs is 1. The number of aliphatic hydroxyl groups is 1. The van der Waals surface area contributed by atoms with Gasteiger partial charge in [0.05, 0.1) is 12.3 Å². The molecule has 4 rings (SSSR count). The second-order valence-corrected chi connectivity index (χ2v) is 8.60. The van der Waals surface area contributed by atoms with Crippen LogP contribution in [0.4, 0.5) is 0 Å². The van der Waals surface area contributed by atoms with Crippen molar-refractivity contribution in [2.45, 2.75) is 25.6 Å². The third-order valence-corrected chi connectivity index (χ3v) is 6.22. The molecule has 2 saturated heterocycles. The molecule has 0 spiro atoms. The van der Waals surface area contributed by atoms with Crippen LogP contribution in [-0.4, -0.2) is 104 Å². The topological polar surface area (TPSA) is 102 Å². The first-order chi connectivity index (χ1) is 15.5. The van der Waals surface area contributed by atoms with E-state index in [-0.39, 0.29) is 0 Å². The Balaban J connectivity index is 1.47. The van der Waals surface area contributed by atoms with Crippen LogP contribution in [0.15, 0.2) is 40.8 Å². The molecule has 2 unspecified atom stereocenters. The number of ether oxygens (including phenoxy) is 2. The van der Waals surface area contributed by atoms with Gasteiger partial charge in [-0.05, 0) is 18.2 Å². The van der Waals surface area contributed by atoms with Crippen LogP contribution in [-0.2, 0) is 22.6 Å². The normalized spacial score (nSPS) is 25.0. The first-order valence-corrected chi connectivity index (χ1v) is 11.1. The molecule has 2 atom stereocenters. The predicted octanol–water partition coefficient (Wildman–Crippen LogP) is -0.467. The van der Waals surface area contributed by atoms with E-state index >= 15 is 0 Å².